The Morgan fingerprint density at radius 2 is 1.94 bits per heavy atom. The maximum Gasteiger partial charge on any atom is 0.0664 e. The van der Waals surface area contributed by atoms with Crippen molar-refractivity contribution in [2.75, 3.05) is 6.54 Å². The molecule has 0 bridgehead atoms. The molecule has 0 saturated carbocycles. The van der Waals surface area contributed by atoms with Gasteiger partial charge in [-0.15, -0.1) is 0 Å². The minimum Gasteiger partial charge on any atom is -0.392 e. The van der Waals surface area contributed by atoms with Crippen LogP contribution in [0.15, 0.2) is 30.3 Å². The van der Waals surface area contributed by atoms with Crippen molar-refractivity contribution in [1.29, 1.82) is 0 Å². The quantitative estimate of drug-likeness (QED) is 0.741. The van der Waals surface area contributed by atoms with Crippen molar-refractivity contribution in [3.8, 4) is 0 Å². The van der Waals surface area contributed by atoms with Crippen molar-refractivity contribution in [1.82, 2.24) is 5.32 Å². The van der Waals surface area contributed by atoms with Gasteiger partial charge in [0.2, 0.25) is 0 Å². The molecule has 0 aliphatic heterocycles. The number of aliphatic hydroxyl groups excluding tert-OH is 1. The number of nitrogens with one attached hydrogen (secondary N) is 1. The van der Waals surface area contributed by atoms with Crippen LogP contribution < -0.4 is 5.32 Å². The molecule has 1 rings (SSSR count). The van der Waals surface area contributed by atoms with Crippen LogP contribution in [0.2, 0.25) is 0 Å². The maximum absolute atomic E-state index is 9.60. The molecule has 2 atom stereocenters. The van der Waals surface area contributed by atoms with E-state index < -0.39 is 0 Å². The summed E-state index contributed by atoms with van der Waals surface area (Å²) in [6, 6.07) is 10.9. The Balaban J connectivity index is 2.23. The predicted octanol–water partition coefficient (Wildman–Crippen LogP) is 2.37. The zero-order valence-corrected chi connectivity index (χ0v) is 10.3. The first-order valence-electron chi connectivity index (χ1n) is 6.17. The Morgan fingerprint density at radius 3 is 2.56 bits per heavy atom. The van der Waals surface area contributed by atoms with Gasteiger partial charge in [0.15, 0.2) is 0 Å². The van der Waals surface area contributed by atoms with Gasteiger partial charge in [0.1, 0.15) is 0 Å². The molecule has 0 radical (unpaired) electrons. The summed E-state index contributed by atoms with van der Waals surface area (Å²) in [5.74, 6) is 0. The lowest BCUT2D eigenvalue weighted by Crippen LogP contribution is -2.34. The normalized spacial score (nSPS) is 14.7. The van der Waals surface area contributed by atoms with Crippen molar-refractivity contribution in [2.24, 2.45) is 0 Å². The van der Waals surface area contributed by atoms with Crippen LogP contribution in [0.1, 0.15) is 32.3 Å². The van der Waals surface area contributed by atoms with Gasteiger partial charge in [0.25, 0.3) is 0 Å². The van der Waals surface area contributed by atoms with E-state index in [0.717, 1.165) is 19.3 Å². The summed E-state index contributed by atoms with van der Waals surface area (Å²) >= 11 is 0. The van der Waals surface area contributed by atoms with E-state index in [-0.39, 0.29) is 6.10 Å². The summed E-state index contributed by atoms with van der Waals surface area (Å²) < 4.78 is 0. The Labute approximate surface area is 98.7 Å². The second kappa shape index (κ2) is 7.42. The third kappa shape index (κ3) is 5.29. The van der Waals surface area contributed by atoms with E-state index in [9.17, 15) is 5.11 Å². The van der Waals surface area contributed by atoms with Gasteiger partial charge in [-0.3, -0.25) is 0 Å². The Morgan fingerprint density at radius 1 is 1.25 bits per heavy atom. The molecular formula is C14H23NO. The highest BCUT2D eigenvalue weighted by Gasteiger charge is 2.06. The van der Waals surface area contributed by atoms with Gasteiger partial charge in [0, 0.05) is 12.6 Å². The monoisotopic (exact) mass is 221 g/mol. The molecule has 2 nitrogen and oxygen atoms in total. The third-order valence-electron chi connectivity index (χ3n) is 2.71. The van der Waals surface area contributed by atoms with Crippen LogP contribution >= 0.6 is 0 Å². The zero-order chi connectivity index (χ0) is 11.8. The van der Waals surface area contributed by atoms with Gasteiger partial charge < -0.3 is 10.4 Å². The fraction of sp³-hybridized carbons (Fsp3) is 0.571. The summed E-state index contributed by atoms with van der Waals surface area (Å²) in [5.41, 5.74) is 1.34. The highest BCUT2D eigenvalue weighted by molar-refractivity contribution is 5.15. The summed E-state index contributed by atoms with van der Waals surface area (Å²) in [4.78, 5) is 0. The Bertz CT molecular complexity index is 273. The van der Waals surface area contributed by atoms with Crippen molar-refractivity contribution in [3.05, 3.63) is 35.9 Å². The molecule has 16 heavy (non-hydrogen) atoms. The van der Waals surface area contributed by atoms with E-state index in [4.69, 9.17) is 0 Å². The molecule has 2 N–H and O–H groups in total. The summed E-state index contributed by atoms with van der Waals surface area (Å²) in [7, 11) is 0. The second-order valence-electron chi connectivity index (χ2n) is 4.44. The zero-order valence-electron chi connectivity index (χ0n) is 10.3. The van der Waals surface area contributed by atoms with Crippen LogP contribution in [-0.2, 0) is 6.42 Å². The number of aliphatic hydroxyl groups is 1. The van der Waals surface area contributed by atoms with Gasteiger partial charge in [-0.2, -0.15) is 0 Å². The molecular weight excluding hydrogens is 198 g/mol. The minimum absolute atomic E-state index is 0.205. The lowest BCUT2D eigenvalue weighted by molar-refractivity contribution is 0.157. The average molecular weight is 221 g/mol. The molecule has 0 saturated heterocycles. The first kappa shape index (κ1) is 13.2. The Hall–Kier alpha value is -0.860. The molecule has 0 amide bonds. The Kier molecular flexibility index (Phi) is 6.12. The van der Waals surface area contributed by atoms with Gasteiger partial charge in [-0.1, -0.05) is 43.7 Å². The number of hydrogen-bond donors (Lipinski definition) is 2. The fourth-order valence-corrected chi connectivity index (χ4v) is 1.81. The molecule has 1 aromatic carbocycles. The van der Waals surface area contributed by atoms with Gasteiger partial charge in [0.05, 0.1) is 6.10 Å². The van der Waals surface area contributed by atoms with Crippen LogP contribution in [0.3, 0.4) is 0 Å². The predicted molar refractivity (Wildman–Crippen MR) is 68.5 cm³/mol. The topological polar surface area (TPSA) is 32.3 Å². The summed E-state index contributed by atoms with van der Waals surface area (Å²) in [6.07, 6.45) is 2.73. The molecule has 0 spiro atoms. The van der Waals surface area contributed by atoms with Crippen LogP contribution in [-0.4, -0.2) is 23.8 Å². The van der Waals surface area contributed by atoms with E-state index in [2.05, 4.69) is 43.4 Å². The lowest BCUT2D eigenvalue weighted by atomic mass is 10.1. The number of rotatable bonds is 7. The fourth-order valence-electron chi connectivity index (χ4n) is 1.81. The molecule has 2 heteroatoms. The van der Waals surface area contributed by atoms with Crippen molar-refractivity contribution in [2.45, 2.75) is 45.3 Å². The molecule has 0 fully saturated rings. The minimum atomic E-state index is -0.205. The third-order valence-corrected chi connectivity index (χ3v) is 2.71. The SMILES string of the molecule is CCCC(O)CNC(C)Cc1ccccc1. The lowest BCUT2D eigenvalue weighted by Gasteiger charge is -2.16. The largest absolute Gasteiger partial charge is 0.392 e. The number of hydrogen-bond acceptors (Lipinski definition) is 2. The molecule has 0 aromatic heterocycles. The van der Waals surface area contributed by atoms with Gasteiger partial charge in [-0.25, -0.2) is 0 Å². The second-order valence-corrected chi connectivity index (χ2v) is 4.44. The highest BCUT2D eigenvalue weighted by atomic mass is 16.3. The standard InChI is InChI=1S/C14H23NO/c1-3-7-14(16)11-15-12(2)10-13-8-5-4-6-9-13/h4-6,8-9,12,14-16H,3,7,10-11H2,1-2H3. The van der Waals surface area contributed by atoms with Crippen LogP contribution in [0, 0.1) is 0 Å². The molecule has 0 heterocycles. The molecule has 0 aliphatic carbocycles. The smallest absolute Gasteiger partial charge is 0.0664 e. The van der Waals surface area contributed by atoms with E-state index in [1.165, 1.54) is 5.56 Å². The van der Waals surface area contributed by atoms with Gasteiger partial charge >= 0.3 is 0 Å². The number of benzene rings is 1. The van der Waals surface area contributed by atoms with Crippen LogP contribution in [0.5, 0.6) is 0 Å². The average Bonchev–Trinajstić information content (AvgIpc) is 2.28. The summed E-state index contributed by atoms with van der Waals surface area (Å²) in [6.45, 7) is 4.95. The van der Waals surface area contributed by atoms with Crippen LogP contribution in [0.25, 0.3) is 0 Å². The van der Waals surface area contributed by atoms with E-state index >= 15 is 0 Å². The molecule has 0 aliphatic rings. The van der Waals surface area contributed by atoms with E-state index in [1.807, 2.05) is 6.07 Å². The molecule has 90 valence electrons. The van der Waals surface area contributed by atoms with E-state index in [1.54, 1.807) is 0 Å². The molecule has 2 unspecified atom stereocenters. The highest BCUT2D eigenvalue weighted by Crippen LogP contribution is 2.03. The van der Waals surface area contributed by atoms with Gasteiger partial charge in [-0.05, 0) is 25.3 Å². The molecule has 1 aromatic rings. The maximum atomic E-state index is 9.60. The van der Waals surface area contributed by atoms with E-state index in [0.29, 0.717) is 12.6 Å². The van der Waals surface area contributed by atoms with Crippen LogP contribution in [0.4, 0.5) is 0 Å². The first-order valence-corrected chi connectivity index (χ1v) is 6.17. The van der Waals surface area contributed by atoms with Crippen molar-refractivity contribution < 1.29 is 5.11 Å². The van der Waals surface area contributed by atoms with Crippen molar-refractivity contribution in [3.63, 3.8) is 0 Å². The van der Waals surface area contributed by atoms with Crippen molar-refractivity contribution >= 4 is 0 Å². The first-order chi connectivity index (χ1) is 7.72. The summed E-state index contributed by atoms with van der Waals surface area (Å²) in [5, 5.41) is 13.0.